The van der Waals surface area contributed by atoms with Gasteiger partial charge in [-0.25, -0.2) is 13.1 Å². The van der Waals surface area contributed by atoms with E-state index in [1.54, 1.807) is 18.2 Å². The quantitative estimate of drug-likeness (QED) is 0.794. The number of nitrogens with zero attached hydrogens (tertiary/aromatic N) is 1. The highest BCUT2D eigenvalue weighted by atomic mass is 32.2. The predicted octanol–water partition coefficient (Wildman–Crippen LogP) is 1.17. The smallest absolute Gasteiger partial charge is 0.303 e. The number of carbonyl (C=O) groups is 1. The normalized spacial score (nSPS) is 11.4. The average molecular weight is 310 g/mol. The van der Waals surface area contributed by atoms with Crippen LogP contribution in [0.3, 0.4) is 0 Å². The molecule has 0 unspecified atom stereocenters. The molecule has 1 aromatic heterocycles. The first kappa shape index (κ1) is 15.2. The Morgan fingerprint density at radius 3 is 2.52 bits per heavy atom. The summed E-state index contributed by atoms with van der Waals surface area (Å²) in [4.78, 5) is 10.6. The summed E-state index contributed by atoms with van der Waals surface area (Å²) in [5.41, 5.74) is 1.25. The van der Waals surface area contributed by atoms with E-state index in [1.807, 2.05) is 0 Å². The van der Waals surface area contributed by atoms with E-state index in [2.05, 4.69) is 14.4 Å². The van der Waals surface area contributed by atoms with Crippen molar-refractivity contribution in [1.82, 2.24) is 9.88 Å². The number of aromatic nitrogens is 1. The Kier molecular flexibility index (Phi) is 4.71. The summed E-state index contributed by atoms with van der Waals surface area (Å²) in [7, 11) is -3.63. The van der Waals surface area contributed by atoms with Crippen molar-refractivity contribution in [2.45, 2.75) is 24.3 Å². The number of benzene rings is 1. The molecule has 7 nitrogen and oxygen atoms in total. The number of hydrogen-bond donors (Lipinski definition) is 2. The molecule has 1 heterocycles. The third-order valence-electron chi connectivity index (χ3n) is 2.80. The van der Waals surface area contributed by atoms with Gasteiger partial charge in [-0.1, -0.05) is 17.3 Å². The minimum absolute atomic E-state index is 0.0104. The molecule has 0 saturated heterocycles. The number of carboxylic acids is 1. The van der Waals surface area contributed by atoms with Gasteiger partial charge in [0, 0.05) is 12.5 Å². The molecule has 0 aliphatic carbocycles. The SMILES string of the molecule is O=C(O)CCc1ccc(S(=O)(=O)NCc2ccon2)cc1. The Labute approximate surface area is 121 Å². The van der Waals surface area contributed by atoms with Crippen LogP contribution in [0.5, 0.6) is 0 Å². The van der Waals surface area contributed by atoms with E-state index in [4.69, 9.17) is 5.11 Å². The second-order valence-electron chi connectivity index (χ2n) is 4.35. The Bertz CT molecular complexity index is 693. The van der Waals surface area contributed by atoms with E-state index in [0.29, 0.717) is 12.1 Å². The fourth-order valence-corrected chi connectivity index (χ4v) is 2.67. The molecule has 21 heavy (non-hydrogen) atoms. The van der Waals surface area contributed by atoms with Crippen LogP contribution in [-0.2, 0) is 27.8 Å². The van der Waals surface area contributed by atoms with Crippen LogP contribution in [0.25, 0.3) is 0 Å². The van der Waals surface area contributed by atoms with Gasteiger partial charge in [0.25, 0.3) is 0 Å². The minimum Gasteiger partial charge on any atom is -0.481 e. The van der Waals surface area contributed by atoms with Gasteiger partial charge in [-0.05, 0) is 24.1 Å². The van der Waals surface area contributed by atoms with E-state index in [0.717, 1.165) is 5.56 Å². The molecule has 0 aliphatic heterocycles. The van der Waals surface area contributed by atoms with E-state index in [9.17, 15) is 13.2 Å². The van der Waals surface area contributed by atoms with Gasteiger partial charge >= 0.3 is 5.97 Å². The van der Waals surface area contributed by atoms with Gasteiger partial charge in [-0.3, -0.25) is 4.79 Å². The first-order valence-corrected chi connectivity index (χ1v) is 7.65. The lowest BCUT2D eigenvalue weighted by atomic mass is 10.1. The number of aryl methyl sites for hydroxylation is 1. The number of carboxylic acid groups (broad SMARTS) is 1. The summed E-state index contributed by atoms with van der Waals surface area (Å²) in [5, 5.41) is 12.2. The van der Waals surface area contributed by atoms with Crippen LogP contribution in [-0.4, -0.2) is 24.7 Å². The van der Waals surface area contributed by atoms with E-state index in [1.165, 1.54) is 18.4 Å². The van der Waals surface area contributed by atoms with Crippen molar-refractivity contribution in [1.29, 1.82) is 0 Å². The van der Waals surface area contributed by atoms with Gasteiger partial charge in [-0.15, -0.1) is 0 Å². The Hall–Kier alpha value is -2.19. The highest BCUT2D eigenvalue weighted by Gasteiger charge is 2.14. The molecule has 0 bridgehead atoms. The molecule has 0 saturated carbocycles. The molecule has 0 aliphatic rings. The van der Waals surface area contributed by atoms with Crippen molar-refractivity contribution in [2.75, 3.05) is 0 Å². The fraction of sp³-hybridized carbons (Fsp3) is 0.231. The van der Waals surface area contributed by atoms with Crippen LogP contribution in [0.2, 0.25) is 0 Å². The second kappa shape index (κ2) is 6.51. The van der Waals surface area contributed by atoms with E-state index < -0.39 is 16.0 Å². The van der Waals surface area contributed by atoms with Gasteiger partial charge in [0.2, 0.25) is 10.0 Å². The molecule has 0 atom stereocenters. The van der Waals surface area contributed by atoms with Crippen LogP contribution < -0.4 is 4.72 Å². The largest absolute Gasteiger partial charge is 0.481 e. The minimum atomic E-state index is -3.63. The molecule has 8 heteroatoms. The maximum atomic E-state index is 12.0. The summed E-state index contributed by atoms with van der Waals surface area (Å²) in [6.07, 6.45) is 1.74. The number of nitrogens with one attached hydrogen (secondary N) is 1. The van der Waals surface area contributed by atoms with Crippen LogP contribution in [0.4, 0.5) is 0 Å². The third-order valence-corrected chi connectivity index (χ3v) is 4.21. The zero-order chi connectivity index (χ0) is 15.3. The summed E-state index contributed by atoms with van der Waals surface area (Å²) in [6.45, 7) is 0.0413. The van der Waals surface area contributed by atoms with Gasteiger partial charge in [0.05, 0.1) is 17.1 Å². The fourth-order valence-electron chi connectivity index (χ4n) is 1.67. The lowest BCUT2D eigenvalue weighted by Gasteiger charge is -2.06. The van der Waals surface area contributed by atoms with E-state index >= 15 is 0 Å². The lowest BCUT2D eigenvalue weighted by molar-refractivity contribution is -0.136. The van der Waals surface area contributed by atoms with Crippen molar-refractivity contribution in [3.8, 4) is 0 Å². The van der Waals surface area contributed by atoms with Crippen LogP contribution in [0, 0.1) is 0 Å². The molecule has 0 radical (unpaired) electrons. The van der Waals surface area contributed by atoms with Crippen molar-refractivity contribution < 1.29 is 22.8 Å². The topological polar surface area (TPSA) is 110 Å². The predicted molar refractivity (Wildman–Crippen MR) is 72.9 cm³/mol. The van der Waals surface area contributed by atoms with Crippen LogP contribution in [0.1, 0.15) is 17.7 Å². The standard InChI is InChI=1S/C13H14N2O5S/c16-13(17)6-3-10-1-4-12(5-2-10)21(18,19)14-9-11-7-8-20-15-11/h1-2,4-5,7-8,14H,3,6,9H2,(H,16,17). The first-order chi connectivity index (χ1) is 9.97. The molecule has 0 amide bonds. The second-order valence-corrected chi connectivity index (χ2v) is 6.12. The summed E-state index contributed by atoms with van der Waals surface area (Å²) >= 11 is 0. The van der Waals surface area contributed by atoms with Gasteiger partial charge < -0.3 is 9.63 Å². The first-order valence-electron chi connectivity index (χ1n) is 6.17. The number of sulfonamides is 1. The van der Waals surface area contributed by atoms with Crippen LogP contribution in [0.15, 0.2) is 46.0 Å². The maximum absolute atomic E-state index is 12.0. The molecular weight excluding hydrogens is 296 g/mol. The molecule has 1 aromatic carbocycles. The van der Waals surface area contributed by atoms with Crippen molar-refractivity contribution >= 4 is 16.0 Å². The Balaban J connectivity index is 2.01. The molecule has 2 aromatic rings. The molecular formula is C13H14N2O5S. The number of hydrogen-bond acceptors (Lipinski definition) is 5. The zero-order valence-electron chi connectivity index (χ0n) is 11.0. The monoisotopic (exact) mass is 310 g/mol. The van der Waals surface area contributed by atoms with Crippen molar-refractivity contribution in [3.63, 3.8) is 0 Å². The maximum Gasteiger partial charge on any atom is 0.303 e. The summed E-state index contributed by atoms with van der Waals surface area (Å²) in [6, 6.07) is 7.67. The molecule has 112 valence electrons. The van der Waals surface area contributed by atoms with Gasteiger partial charge in [0.15, 0.2) is 0 Å². The molecule has 0 spiro atoms. The highest BCUT2D eigenvalue weighted by molar-refractivity contribution is 7.89. The lowest BCUT2D eigenvalue weighted by Crippen LogP contribution is -2.23. The van der Waals surface area contributed by atoms with E-state index in [-0.39, 0.29) is 17.9 Å². The zero-order valence-corrected chi connectivity index (χ0v) is 11.8. The summed E-state index contributed by atoms with van der Waals surface area (Å²) < 4.78 is 31.1. The van der Waals surface area contributed by atoms with Crippen molar-refractivity contribution in [2.24, 2.45) is 0 Å². The molecule has 2 N–H and O–H groups in total. The number of rotatable bonds is 7. The number of aliphatic carboxylic acids is 1. The van der Waals surface area contributed by atoms with Crippen molar-refractivity contribution in [3.05, 3.63) is 47.9 Å². The van der Waals surface area contributed by atoms with Gasteiger partial charge in [-0.2, -0.15) is 0 Å². The molecule has 0 fully saturated rings. The average Bonchev–Trinajstić information content (AvgIpc) is 2.97. The van der Waals surface area contributed by atoms with Gasteiger partial charge in [0.1, 0.15) is 6.26 Å². The Morgan fingerprint density at radius 2 is 1.95 bits per heavy atom. The third kappa shape index (κ3) is 4.40. The Morgan fingerprint density at radius 1 is 1.24 bits per heavy atom. The van der Waals surface area contributed by atoms with Crippen LogP contribution >= 0.6 is 0 Å². The highest BCUT2D eigenvalue weighted by Crippen LogP contribution is 2.12. The summed E-state index contributed by atoms with van der Waals surface area (Å²) in [5.74, 6) is -0.888. The molecule has 2 rings (SSSR count).